The Balaban J connectivity index is 1.99. The Kier molecular flexibility index (Phi) is 4.39. The molecule has 0 aromatic heterocycles. The minimum Gasteiger partial charge on any atom is -0.392 e. The summed E-state index contributed by atoms with van der Waals surface area (Å²) in [6.45, 7) is 2.97. The summed E-state index contributed by atoms with van der Waals surface area (Å²) in [4.78, 5) is 0. The van der Waals surface area contributed by atoms with E-state index in [1.54, 1.807) is 0 Å². The number of rotatable bonds is 4. The lowest BCUT2D eigenvalue weighted by molar-refractivity contribution is 0.282. The molecule has 0 aliphatic rings. The number of halogens is 1. The first-order valence-corrected chi connectivity index (χ1v) is 6.67. The molecule has 2 aromatic rings. The fourth-order valence-electron chi connectivity index (χ4n) is 1.75. The second-order valence-corrected chi connectivity index (χ2v) is 5.15. The molecule has 0 fully saturated rings. The third-order valence-corrected chi connectivity index (χ3v) is 3.75. The zero-order chi connectivity index (χ0) is 13.0. The van der Waals surface area contributed by atoms with Crippen LogP contribution in [0, 0.1) is 6.92 Å². The van der Waals surface area contributed by atoms with Crippen molar-refractivity contribution in [3.8, 4) is 0 Å². The van der Waals surface area contributed by atoms with Crippen LogP contribution in [0.15, 0.2) is 46.9 Å². The van der Waals surface area contributed by atoms with Crippen LogP contribution in [0.4, 0.5) is 5.69 Å². The van der Waals surface area contributed by atoms with Crippen LogP contribution in [0.25, 0.3) is 0 Å². The fourth-order valence-corrected chi connectivity index (χ4v) is 2.00. The molecule has 0 aliphatic heterocycles. The lowest BCUT2D eigenvalue weighted by Gasteiger charge is -2.08. The predicted octanol–water partition coefficient (Wildman–Crippen LogP) is 3.86. The largest absolute Gasteiger partial charge is 0.392 e. The maximum Gasteiger partial charge on any atom is 0.0681 e. The molecule has 0 spiro atoms. The Hall–Kier alpha value is -1.32. The number of aliphatic hydroxyl groups is 1. The molecule has 0 aliphatic carbocycles. The minimum absolute atomic E-state index is 0.0895. The fraction of sp³-hybridized carbons (Fsp3) is 0.200. The average Bonchev–Trinajstić information content (AvgIpc) is 2.41. The van der Waals surface area contributed by atoms with E-state index < -0.39 is 0 Å². The molecule has 0 heterocycles. The summed E-state index contributed by atoms with van der Waals surface area (Å²) in [5.74, 6) is 0. The van der Waals surface area contributed by atoms with Gasteiger partial charge in [-0.3, -0.25) is 0 Å². The van der Waals surface area contributed by atoms with Crippen LogP contribution in [0.1, 0.15) is 16.7 Å². The Bertz CT molecular complexity index is 523. The van der Waals surface area contributed by atoms with E-state index in [1.807, 2.05) is 24.3 Å². The van der Waals surface area contributed by atoms with Crippen molar-refractivity contribution >= 4 is 21.6 Å². The van der Waals surface area contributed by atoms with Crippen LogP contribution < -0.4 is 5.32 Å². The standard InChI is InChI=1S/C15H16BrNO/c1-11-8-13(4-7-15(11)16)9-17-14-5-2-12(10-18)3-6-14/h2-8,17-18H,9-10H2,1H3. The average molecular weight is 306 g/mol. The Morgan fingerprint density at radius 1 is 1.06 bits per heavy atom. The number of aryl methyl sites for hydroxylation is 1. The molecular formula is C15H16BrNO. The van der Waals surface area contributed by atoms with Gasteiger partial charge in [-0.2, -0.15) is 0 Å². The predicted molar refractivity (Wildman–Crippen MR) is 78.6 cm³/mol. The van der Waals surface area contributed by atoms with Crippen molar-refractivity contribution < 1.29 is 5.11 Å². The number of hydrogen-bond donors (Lipinski definition) is 2. The van der Waals surface area contributed by atoms with Crippen LogP contribution in [0.5, 0.6) is 0 Å². The van der Waals surface area contributed by atoms with Gasteiger partial charge in [-0.15, -0.1) is 0 Å². The van der Waals surface area contributed by atoms with E-state index in [2.05, 4.69) is 46.4 Å². The highest BCUT2D eigenvalue weighted by molar-refractivity contribution is 9.10. The Morgan fingerprint density at radius 3 is 2.33 bits per heavy atom. The van der Waals surface area contributed by atoms with Crippen molar-refractivity contribution in [3.05, 3.63) is 63.6 Å². The molecule has 94 valence electrons. The highest BCUT2D eigenvalue weighted by Crippen LogP contribution is 2.18. The molecular weight excluding hydrogens is 290 g/mol. The first-order valence-electron chi connectivity index (χ1n) is 5.88. The second kappa shape index (κ2) is 6.03. The molecule has 2 nitrogen and oxygen atoms in total. The molecule has 0 unspecified atom stereocenters. The van der Waals surface area contributed by atoms with Gasteiger partial charge in [-0.05, 0) is 41.8 Å². The molecule has 0 radical (unpaired) electrons. The van der Waals surface area contributed by atoms with Gasteiger partial charge in [0.25, 0.3) is 0 Å². The maximum atomic E-state index is 8.97. The van der Waals surface area contributed by atoms with Crippen LogP contribution in [-0.2, 0) is 13.2 Å². The molecule has 3 heteroatoms. The van der Waals surface area contributed by atoms with Crippen molar-refractivity contribution in [3.63, 3.8) is 0 Å². The number of hydrogen-bond acceptors (Lipinski definition) is 2. The number of aliphatic hydroxyl groups excluding tert-OH is 1. The first kappa shape index (κ1) is 13.1. The van der Waals surface area contributed by atoms with Crippen LogP contribution >= 0.6 is 15.9 Å². The second-order valence-electron chi connectivity index (χ2n) is 4.29. The highest BCUT2D eigenvalue weighted by atomic mass is 79.9. The van der Waals surface area contributed by atoms with Gasteiger partial charge in [0.15, 0.2) is 0 Å². The van der Waals surface area contributed by atoms with Crippen molar-refractivity contribution in [1.82, 2.24) is 0 Å². The number of anilines is 1. The van der Waals surface area contributed by atoms with Crippen molar-refractivity contribution in [1.29, 1.82) is 0 Å². The molecule has 0 amide bonds. The van der Waals surface area contributed by atoms with E-state index in [4.69, 9.17) is 5.11 Å². The zero-order valence-electron chi connectivity index (χ0n) is 10.3. The van der Waals surface area contributed by atoms with Gasteiger partial charge in [0.05, 0.1) is 6.61 Å². The molecule has 0 saturated heterocycles. The summed E-state index contributed by atoms with van der Waals surface area (Å²) in [5.41, 5.74) is 4.49. The van der Waals surface area contributed by atoms with Crippen molar-refractivity contribution in [2.75, 3.05) is 5.32 Å². The SMILES string of the molecule is Cc1cc(CNc2ccc(CO)cc2)ccc1Br. The molecule has 2 rings (SSSR count). The summed E-state index contributed by atoms with van der Waals surface area (Å²) in [5, 5.41) is 12.3. The lowest BCUT2D eigenvalue weighted by atomic mass is 10.1. The van der Waals surface area contributed by atoms with E-state index in [-0.39, 0.29) is 6.61 Å². The summed E-state index contributed by atoms with van der Waals surface area (Å²) in [7, 11) is 0. The van der Waals surface area contributed by atoms with E-state index in [1.165, 1.54) is 11.1 Å². The lowest BCUT2D eigenvalue weighted by Crippen LogP contribution is -1.99. The van der Waals surface area contributed by atoms with Crippen molar-refractivity contribution in [2.45, 2.75) is 20.1 Å². The maximum absolute atomic E-state index is 8.97. The van der Waals surface area contributed by atoms with E-state index in [0.717, 1.165) is 22.3 Å². The van der Waals surface area contributed by atoms with Gasteiger partial charge >= 0.3 is 0 Å². The number of nitrogens with one attached hydrogen (secondary N) is 1. The summed E-state index contributed by atoms with van der Waals surface area (Å²) < 4.78 is 1.14. The first-order chi connectivity index (χ1) is 8.69. The highest BCUT2D eigenvalue weighted by Gasteiger charge is 1.98. The Morgan fingerprint density at radius 2 is 1.72 bits per heavy atom. The molecule has 0 saturated carbocycles. The third kappa shape index (κ3) is 3.34. The monoisotopic (exact) mass is 305 g/mol. The van der Waals surface area contributed by atoms with Gasteiger partial charge in [0, 0.05) is 16.7 Å². The topological polar surface area (TPSA) is 32.3 Å². The van der Waals surface area contributed by atoms with Gasteiger partial charge in [0.1, 0.15) is 0 Å². The molecule has 2 N–H and O–H groups in total. The van der Waals surface area contributed by atoms with Crippen LogP contribution in [-0.4, -0.2) is 5.11 Å². The van der Waals surface area contributed by atoms with Gasteiger partial charge in [-0.1, -0.05) is 40.2 Å². The van der Waals surface area contributed by atoms with Gasteiger partial charge in [0.2, 0.25) is 0 Å². The van der Waals surface area contributed by atoms with Crippen molar-refractivity contribution in [2.24, 2.45) is 0 Å². The Labute approximate surface area is 116 Å². The quantitative estimate of drug-likeness (QED) is 0.899. The summed E-state index contributed by atoms with van der Waals surface area (Å²) in [6, 6.07) is 14.2. The normalized spacial score (nSPS) is 10.4. The van der Waals surface area contributed by atoms with Crippen LogP contribution in [0.2, 0.25) is 0 Å². The summed E-state index contributed by atoms with van der Waals surface area (Å²) in [6.07, 6.45) is 0. The van der Waals surface area contributed by atoms with E-state index in [9.17, 15) is 0 Å². The minimum atomic E-state index is 0.0895. The smallest absolute Gasteiger partial charge is 0.0681 e. The van der Waals surface area contributed by atoms with E-state index >= 15 is 0 Å². The van der Waals surface area contributed by atoms with Crippen LogP contribution in [0.3, 0.4) is 0 Å². The molecule has 0 bridgehead atoms. The van der Waals surface area contributed by atoms with E-state index in [0.29, 0.717) is 0 Å². The molecule has 18 heavy (non-hydrogen) atoms. The third-order valence-electron chi connectivity index (χ3n) is 2.86. The van der Waals surface area contributed by atoms with Gasteiger partial charge < -0.3 is 10.4 Å². The molecule has 0 atom stereocenters. The molecule has 2 aromatic carbocycles. The summed E-state index contributed by atoms with van der Waals surface area (Å²) >= 11 is 3.50. The van der Waals surface area contributed by atoms with Gasteiger partial charge in [-0.25, -0.2) is 0 Å². The number of benzene rings is 2. The zero-order valence-corrected chi connectivity index (χ0v) is 11.9.